The predicted molar refractivity (Wildman–Crippen MR) is 112 cm³/mol. The number of nitrogens with zero attached hydrogens (tertiary/aromatic N) is 2. The summed E-state index contributed by atoms with van der Waals surface area (Å²) in [5, 5.41) is 8.11. The van der Waals surface area contributed by atoms with Crippen LogP contribution in [0.15, 0.2) is 53.4 Å². The number of carbonyl (C=O) groups excluding carboxylic acids is 2. The van der Waals surface area contributed by atoms with Crippen LogP contribution in [-0.2, 0) is 26.2 Å². The molecule has 1 fully saturated rings. The number of carbonyl (C=O) groups is 2. The number of sulfonamides is 1. The van der Waals surface area contributed by atoms with E-state index in [4.69, 9.17) is 17.4 Å². The molecular weight excluding hydrogens is 431 g/mol. The summed E-state index contributed by atoms with van der Waals surface area (Å²) in [5.41, 5.74) is 0.535. The van der Waals surface area contributed by atoms with Crippen molar-refractivity contribution in [1.82, 2.24) is 10.2 Å². The number of primary sulfonamides is 1. The Hall–Kier alpha value is -2.89. The maximum Gasteiger partial charge on any atom is 0.257 e. The number of para-hydroxylation sites is 1. The highest BCUT2D eigenvalue weighted by Crippen LogP contribution is 2.28. The lowest BCUT2D eigenvalue weighted by molar-refractivity contribution is -0.122. The number of anilines is 1. The van der Waals surface area contributed by atoms with Gasteiger partial charge in [0.25, 0.3) is 5.91 Å². The molecule has 1 aliphatic heterocycles. The molecule has 1 unspecified atom stereocenters. The highest BCUT2D eigenvalue weighted by atomic mass is 32.2. The number of benzene rings is 2. The summed E-state index contributed by atoms with van der Waals surface area (Å²) in [6.45, 7) is 0.124. The van der Waals surface area contributed by atoms with Gasteiger partial charge >= 0.3 is 0 Å². The van der Waals surface area contributed by atoms with Crippen LogP contribution in [0.5, 0.6) is 0 Å². The largest absolute Gasteiger partial charge is 0.366 e. The summed E-state index contributed by atoms with van der Waals surface area (Å²) >= 11 is 5.31. The second-order valence-corrected chi connectivity index (χ2v) is 8.56. The maximum atomic E-state index is 14.2. The van der Waals surface area contributed by atoms with Crippen molar-refractivity contribution in [3.05, 3.63) is 59.9 Å². The smallest absolute Gasteiger partial charge is 0.257 e. The third-order valence-electron chi connectivity index (χ3n) is 4.67. The van der Waals surface area contributed by atoms with Gasteiger partial charge in [-0.25, -0.2) is 22.8 Å². The minimum absolute atomic E-state index is 0.0492. The van der Waals surface area contributed by atoms with Gasteiger partial charge in [-0.05, 0) is 42.0 Å². The van der Waals surface area contributed by atoms with Crippen molar-refractivity contribution in [2.45, 2.75) is 23.9 Å². The SMILES string of the molecule is CNC(=S)N(Cc1ccc(S(N)(=O)=O)cc1)C1CC(=O)N(c2ccccc2F)C1=O. The molecule has 30 heavy (non-hydrogen) atoms. The fraction of sp³-hybridized carbons (Fsp3) is 0.211. The first-order valence-electron chi connectivity index (χ1n) is 8.85. The van der Waals surface area contributed by atoms with Crippen molar-refractivity contribution < 1.29 is 22.4 Å². The summed E-state index contributed by atoms with van der Waals surface area (Å²) < 4.78 is 37.0. The van der Waals surface area contributed by atoms with Crippen LogP contribution < -0.4 is 15.4 Å². The molecule has 158 valence electrons. The van der Waals surface area contributed by atoms with Gasteiger partial charge in [0.1, 0.15) is 11.9 Å². The lowest BCUT2D eigenvalue weighted by Gasteiger charge is -2.29. The zero-order valence-electron chi connectivity index (χ0n) is 15.9. The summed E-state index contributed by atoms with van der Waals surface area (Å²) in [4.78, 5) is 27.9. The number of amides is 2. The fourth-order valence-corrected chi connectivity index (χ4v) is 3.90. The fourth-order valence-electron chi connectivity index (χ4n) is 3.19. The van der Waals surface area contributed by atoms with E-state index >= 15 is 0 Å². The molecular formula is C19H19FN4O4S2. The van der Waals surface area contributed by atoms with Crippen LogP contribution in [0.1, 0.15) is 12.0 Å². The molecule has 11 heteroatoms. The van der Waals surface area contributed by atoms with Gasteiger partial charge in [-0.2, -0.15) is 0 Å². The molecule has 8 nitrogen and oxygen atoms in total. The summed E-state index contributed by atoms with van der Waals surface area (Å²) in [7, 11) is -2.26. The Balaban J connectivity index is 1.89. The number of thiocarbonyl (C=S) groups is 1. The third-order valence-corrected chi connectivity index (χ3v) is 6.04. The van der Waals surface area contributed by atoms with Crippen molar-refractivity contribution in [1.29, 1.82) is 0 Å². The number of nitrogens with one attached hydrogen (secondary N) is 1. The van der Waals surface area contributed by atoms with Gasteiger partial charge in [-0.15, -0.1) is 0 Å². The van der Waals surface area contributed by atoms with Gasteiger partial charge < -0.3 is 10.2 Å². The first kappa shape index (κ1) is 21.8. The van der Waals surface area contributed by atoms with Gasteiger partial charge in [-0.3, -0.25) is 9.59 Å². The van der Waals surface area contributed by atoms with Gasteiger partial charge in [0.2, 0.25) is 15.9 Å². The lowest BCUT2D eigenvalue weighted by Crippen LogP contribution is -2.48. The van der Waals surface area contributed by atoms with Gasteiger partial charge in [0, 0.05) is 13.6 Å². The van der Waals surface area contributed by atoms with E-state index in [-0.39, 0.29) is 28.7 Å². The molecule has 1 saturated heterocycles. The second kappa shape index (κ2) is 8.46. The molecule has 3 rings (SSSR count). The molecule has 1 atom stereocenters. The van der Waals surface area contributed by atoms with Crippen molar-refractivity contribution in [3.63, 3.8) is 0 Å². The number of rotatable bonds is 5. The van der Waals surface area contributed by atoms with Crippen molar-refractivity contribution in [3.8, 4) is 0 Å². The zero-order valence-corrected chi connectivity index (χ0v) is 17.5. The molecule has 2 aromatic rings. The Morgan fingerprint density at radius 2 is 1.87 bits per heavy atom. The van der Waals surface area contributed by atoms with E-state index in [0.717, 1.165) is 4.90 Å². The Morgan fingerprint density at radius 3 is 2.43 bits per heavy atom. The average molecular weight is 451 g/mol. The van der Waals surface area contributed by atoms with Crippen molar-refractivity contribution in [2.24, 2.45) is 5.14 Å². The molecule has 0 saturated carbocycles. The minimum Gasteiger partial charge on any atom is -0.366 e. The molecule has 1 heterocycles. The molecule has 0 spiro atoms. The van der Waals surface area contributed by atoms with Crippen molar-refractivity contribution >= 4 is 44.9 Å². The molecule has 0 aliphatic carbocycles. The molecule has 3 N–H and O–H groups in total. The van der Waals surface area contributed by atoms with Crippen LogP contribution in [0.4, 0.5) is 10.1 Å². The van der Waals surface area contributed by atoms with Crippen LogP contribution in [-0.4, -0.2) is 43.3 Å². The van der Waals surface area contributed by atoms with Crippen LogP contribution in [0.3, 0.4) is 0 Å². The quantitative estimate of drug-likeness (QED) is 0.518. The molecule has 0 radical (unpaired) electrons. The molecule has 2 amide bonds. The number of imide groups is 1. The maximum absolute atomic E-state index is 14.2. The zero-order chi connectivity index (χ0) is 22.1. The molecule has 1 aliphatic rings. The first-order valence-corrected chi connectivity index (χ1v) is 10.8. The Morgan fingerprint density at radius 1 is 1.23 bits per heavy atom. The van der Waals surface area contributed by atoms with Crippen LogP contribution in [0, 0.1) is 5.82 Å². The topological polar surface area (TPSA) is 113 Å². The third kappa shape index (κ3) is 4.32. The second-order valence-electron chi connectivity index (χ2n) is 6.61. The summed E-state index contributed by atoms with van der Waals surface area (Å²) in [6, 6.07) is 10.4. The Bertz CT molecular complexity index is 1110. The molecule has 0 aromatic heterocycles. The van der Waals surface area contributed by atoms with Crippen LogP contribution in [0.25, 0.3) is 0 Å². The van der Waals surface area contributed by atoms with E-state index in [2.05, 4.69) is 5.32 Å². The average Bonchev–Trinajstić information content (AvgIpc) is 2.99. The standard InChI is InChI=1S/C19H19FN4O4S2/c1-22-19(29)23(11-12-6-8-13(9-7-12)30(21,27)28)16-10-17(25)24(18(16)26)15-5-3-2-4-14(15)20/h2-9,16H,10-11H2,1H3,(H,22,29)(H2,21,27,28). The summed E-state index contributed by atoms with van der Waals surface area (Å²) in [5.74, 6) is -1.81. The Labute approximate surface area is 178 Å². The van der Waals surface area contributed by atoms with E-state index in [1.165, 1.54) is 41.3 Å². The number of hydrogen-bond donors (Lipinski definition) is 2. The number of hydrogen-bond acceptors (Lipinski definition) is 5. The van der Waals surface area contributed by atoms with Crippen LogP contribution >= 0.6 is 12.2 Å². The van der Waals surface area contributed by atoms with Crippen LogP contribution in [0.2, 0.25) is 0 Å². The highest BCUT2D eigenvalue weighted by Gasteiger charge is 2.44. The van der Waals surface area contributed by atoms with E-state index in [1.54, 1.807) is 19.2 Å². The van der Waals surface area contributed by atoms with Crippen molar-refractivity contribution in [2.75, 3.05) is 11.9 Å². The lowest BCUT2D eigenvalue weighted by atomic mass is 10.1. The number of halogens is 1. The number of nitrogens with two attached hydrogens (primary N) is 1. The Kier molecular flexibility index (Phi) is 6.15. The molecule has 2 aromatic carbocycles. The van der Waals surface area contributed by atoms with E-state index < -0.39 is 33.7 Å². The van der Waals surface area contributed by atoms with E-state index in [9.17, 15) is 22.4 Å². The van der Waals surface area contributed by atoms with E-state index in [0.29, 0.717) is 5.56 Å². The van der Waals surface area contributed by atoms with Gasteiger partial charge in [-0.1, -0.05) is 24.3 Å². The predicted octanol–water partition coefficient (Wildman–Crippen LogP) is 1.11. The van der Waals surface area contributed by atoms with E-state index in [1.807, 2.05) is 0 Å². The summed E-state index contributed by atoms with van der Waals surface area (Å²) in [6.07, 6.45) is -0.176. The van der Waals surface area contributed by atoms with Gasteiger partial charge in [0.05, 0.1) is 17.0 Å². The monoisotopic (exact) mass is 450 g/mol. The first-order chi connectivity index (χ1) is 14.1. The minimum atomic E-state index is -3.84. The normalized spacial score (nSPS) is 16.6. The highest BCUT2D eigenvalue weighted by molar-refractivity contribution is 7.89. The molecule has 0 bridgehead atoms. The van der Waals surface area contributed by atoms with Gasteiger partial charge in [0.15, 0.2) is 5.11 Å².